The van der Waals surface area contributed by atoms with Gasteiger partial charge in [-0.1, -0.05) is 26.8 Å². The molecule has 0 radical (unpaired) electrons. The van der Waals surface area contributed by atoms with Crippen molar-refractivity contribution in [3.63, 3.8) is 0 Å². The molecule has 1 saturated heterocycles. The van der Waals surface area contributed by atoms with Crippen LogP contribution in [-0.4, -0.2) is 28.7 Å². The van der Waals surface area contributed by atoms with Crippen molar-refractivity contribution in [2.45, 2.75) is 39.7 Å². The van der Waals surface area contributed by atoms with Gasteiger partial charge in [-0.05, 0) is 24.2 Å². The van der Waals surface area contributed by atoms with Crippen LogP contribution < -0.4 is 0 Å². The van der Waals surface area contributed by atoms with Crippen molar-refractivity contribution in [2.24, 2.45) is 11.3 Å². The van der Waals surface area contributed by atoms with E-state index in [4.69, 9.17) is 5.11 Å². The van der Waals surface area contributed by atoms with Crippen molar-refractivity contribution in [3.05, 3.63) is 12.7 Å². The van der Waals surface area contributed by atoms with Crippen molar-refractivity contribution < 1.29 is 9.90 Å². The highest BCUT2D eigenvalue weighted by atomic mass is 16.4. The summed E-state index contributed by atoms with van der Waals surface area (Å²) in [5.74, 6) is 0.463. The number of hydrogen-bond acceptors (Lipinski definition) is 1. The first kappa shape index (κ1) is 12.1. The molecule has 2 atom stereocenters. The summed E-state index contributed by atoms with van der Waals surface area (Å²) in [6.07, 6.45) is 2.97. The van der Waals surface area contributed by atoms with Crippen LogP contribution in [0, 0.1) is 11.3 Å². The number of piperidine rings is 1. The Labute approximate surface area is 91.8 Å². The predicted octanol–water partition coefficient (Wildman–Crippen LogP) is 2.98. The lowest BCUT2D eigenvalue weighted by Crippen LogP contribution is -2.51. The smallest absolute Gasteiger partial charge is 0.407 e. The quantitative estimate of drug-likeness (QED) is 0.677. The summed E-state index contributed by atoms with van der Waals surface area (Å²) in [6.45, 7) is 10.7. The maximum Gasteiger partial charge on any atom is 0.407 e. The fraction of sp³-hybridized carbons (Fsp3) is 0.750. The SMILES string of the molecule is C=CC1CCN(C(=O)O)C(C(C)(C)C)C1. The zero-order valence-corrected chi connectivity index (χ0v) is 9.86. The number of carboxylic acid groups (broad SMARTS) is 1. The number of carbonyl (C=O) groups is 1. The molecule has 0 aromatic carbocycles. The normalized spacial score (nSPS) is 27.5. The molecule has 1 rings (SSSR count). The molecule has 3 nitrogen and oxygen atoms in total. The molecule has 1 heterocycles. The molecule has 1 aliphatic heterocycles. The van der Waals surface area contributed by atoms with Crippen LogP contribution >= 0.6 is 0 Å². The van der Waals surface area contributed by atoms with E-state index in [1.807, 2.05) is 6.08 Å². The van der Waals surface area contributed by atoms with E-state index in [1.54, 1.807) is 4.90 Å². The standard InChI is InChI=1S/C12H21NO2/c1-5-9-6-7-13(11(14)15)10(8-9)12(2,3)4/h5,9-10H,1,6-8H2,2-4H3,(H,14,15). The third-order valence-electron chi connectivity index (χ3n) is 3.22. The van der Waals surface area contributed by atoms with E-state index in [2.05, 4.69) is 27.4 Å². The number of nitrogens with zero attached hydrogens (tertiary/aromatic N) is 1. The third-order valence-corrected chi connectivity index (χ3v) is 3.22. The lowest BCUT2D eigenvalue weighted by atomic mass is 9.77. The molecule has 0 bridgehead atoms. The molecular weight excluding hydrogens is 190 g/mol. The molecule has 15 heavy (non-hydrogen) atoms. The highest BCUT2D eigenvalue weighted by Crippen LogP contribution is 2.34. The van der Waals surface area contributed by atoms with E-state index in [1.165, 1.54) is 0 Å². The monoisotopic (exact) mass is 211 g/mol. The van der Waals surface area contributed by atoms with Gasteiger partial charge >= 0.3 is 6.09 Å². The van der Waals surface area contributed by atoms with Gasteiger partial charge in [0.1, 0.15) is 0 Å². The Morgan fingerprint density at radius 2 is 2.13 bits per heavy atom. The van der Waals surface area contributed by atoms with Crippen LogP contribution in [0.25, 0.3) is 0 Å². The second kappa shape index (κ2) is 4.25. The van der Waals surface area contributed by atoms with Gasteiger partial charge in [0.15, 0.2) is 0 Å². The first-order chi connectivity index (χ1) is 6.86. The Balaban J connectivity index is 2.82. The van der Waals surface area contributed by atoms with Crippen molar-refractivity contribution in [2.75, 3.05) is 6.54 Å². The highest BCUT2D eigenvalue weighted by molar-refractivity contribution is 5.65. The van der Waals surface area contributed by atoms with Crippen LogP contribution in [0.3, 0.4) is 0 Å². The molecule has 1 fully saturated rings. The molecule has 1 N–H and O–H groups in total. The summed E-state index contributed by atoms with van der Waals surface area (Å²) in [4.78, 5) is 12.7. The summed E-state index contributed by atoms with van der Waals surface area (Å²) in [5.41, 5.74) is 0.0000694. The van der Waals surface area contributed by atoms with E-state index < -0.39 is 6.09 Å². The van der Waals surface area contributed by atoms with E-state index in [0.29, 0.717) is 12.5 Å². The summed E-state index contributed by atoms with van der Waals surface area (Å²) >= 11 is 0. The largest absolute Gasteiger partial charge is 0.465 e. The molecule has 1 aliphatic rings. The fourth-order valence-corrected chi connectivity index (χ4v) is 2.26. The molecular formula is C12H21NO2. The number of allylic oxidation sites excluding steroid dienone is 1. The molecule has 0 saturated carbocycles. The van der Waals surface area contributed by atoms with E-state index in [0.717, 1.165) is 12.8 Å². The third kappa shape index (κ3) is 2.74. The maximum absolute atomic E-state index is 11.1. The average Bonchev–Trinajstić information content (AvgIpc) is 2.15. The van der Waals surface area contributed by atoms with Crippen molar-refractivity contribution in [3.8, 4) is 0 Å². The molecule has 0 spiro atoms. The average molecular weight is 211 g/mol. The van der Waals surface area contributed by atoms with E-state index >= 15 is 0 Å². The minimum atomic E-state index is -0.794. The van der Waals surface area contributed by atoms with Gasteiger partial charge in [-0.25, -0.2) is 4.79 Å². The molecule has 1 amide bonds. The minimum Gasteiger partial charge on any atom is -0.465 e. The maximum atomic E-state index is 11.1. The molecule has 86 valence electrons. The Hall–Kier alpha value is -0.990. The summed E-state index contributed by atoms with van der Waals surface area (Å²) in [6, 6.07) is 0.103. The van der Waals surface area contributed by atoms with Gasteiger partial charge in [0, 0.05) is 12.6 Å². The molecule has 0 aromatic heterocycles. The van der Waals surface area contributed by atoms with Crippen molar-refractivity contribution >= 4 is 6.09 Å². The topological polar surface area (TPSA) is 40.5 Å². The number of hydrogen-bond donors (Lipinski definition) is 1. The van der Waals surface area contributed by atoms with Crippen LogP contribution in [0.5, 0.6) is 0 Å². The van der Waals surface area contributed by atoms with Crippen LogP contribution in [0.2, 0.25) is 0 Å². The first-order valence-corrected chi connectivity index (χ1v) is 5.48. The van der Waals surface area contributed by atoms with Crippen molar-refractivity contribution in [1.82, 2.24) is 4.90 Å². The number of likely N-dealkylation sites (tertiary alicyclic amines) is 1. The van der Waals surface area contributed by atoms with Gasteiger partial charge < -0.3 is 10.0 Å². The lowest BCUT2D eigenvalue weighted by Gasteiger charge is -2.44. The molecule has 2 unspecified atom stereocenters. The zero-order valence-electron chi connectivity index (χ0n) is 9.86. The van der Waals surface area contributed by atoms with E-state index in [9.17, 15) is 4.79 Å². The van der Waals surface area contributed by atoms with Crippen LogP contribution in [0.4, 0.5) is 4.79 Å². The van der Waals surface area contributed by atoms with Crippen LogP contribution in [0.15, 0.2) is 12.7 Å². The Morgan fingerprint density at radius 1 is 1.53 bits per heavy atom. The van der Waals surface area contributed by atoms with Crippen LogP contribution in [0.1, 0.15) is 33.6 Å². The highest BCUT2D eigenvalue weighted by Gasteiger charge is 2.37. The summed E-state index contributed by atoms with van der Waals surface area (Å²) in [7, 11) is 0. The number of amides is 1. The molecule has 0 aliphatic carbocycles. The Kier molecular flexibility index (Phi) is 3.42. The summed E-state index contributed by atoms with van der Waals surface area (Å²) < 4.78 is 0. The van der Waals surface area contributed by atoms with Crippen LogP contribution in [-0.2, 0) is 0 Å². The zero-order chi connectivity index (χ0) is 11.6. The summed E-state index contributed by atoms with van der Waals surface area (Å²) in [5, 5.41) is 9.13. The number of rotatable bonds is 1. The molecule has 3 heteroatoms. The second-order valence-electron chi connectivity index (χ2n) is 5.38. The second-order valence-corrected chi connectivity index (χ2v) is 5.38. The van der Waals surface area contributed by atoms with Gasteiger partial charge in [-0.15, -0.1) is 6.58 Å². The van der Waals surface area contributed by atoms with Gasteiger partial charge in [-0.3, -0.25) is 0 Å². The molecule has 0 aromatic rings. The van der Waals surface area contributed by atoms with Crippen molar-refractivity contribution in [1.29, 1.82) is 0 Å². The van der Waals surface area contributed by atoms with Gasteiger partial charge in [0.05, 0.1) is 0 Å². The van der Waals surface area contributed by atoms with E-state index in [-0.39, 0.29) is 11.5 Å². The first-order valence-electron chi connectivity index (χ1n) is 5.48. The van der Waals surface area contributed by atoms with Gasteiger partial charge in [0.2, 0.25) is 0 Å². The van der Waals surface area contributed by atoms with Gasteiger partial charge in [-0.2, -0.15) is 0 Å². The Morgan fingerprint density at radius 3 is 2.53 bits per heavy atom. The Bertz CT molecular complexity index is 255. The predicted molar refractivity (Wildman–Crippen MR) is 60.9 cm³/mol. The fourth-order valence-electron chi connectivity index (χ4n) is 2.26. The lowest BCUT2D eigenvalue weighted by molar-refractivity contribution is 0.0483. The minimum absolute atomic E-state index is 0.0000694. The van der Waals surface area contributed by atoms with Gasteiger partial charge in [0.25, 0.3) is 0 Å².